The van der Waals surface area contributed by atoms with Gasteiger partial charge in [0.1, 0.15) is 0 Å². The van der Waals surface area contributed by atoms with Gasteiger partial charge in [-0.3, -0.25) is 0 Å². The van der Waals surface area contributed by atoms with E-state index in [9.17, 15) is 4.39 Å². The van der Waals surface area contributed by atoms with Crippen molar-refractivity contribution in [3.05, 3.63) is 23.8 Å². The van der Waals surface area contributed by atoms with Crippen LogP contribution in [-0.4, -0.2) is 6.04 Å². The molecule has 0 fully saturated rings. The van der Waals surface area contributed by atoms with Gasteiger partial charge in [-0.2, -0.15) is 4.39 Å². The Morgan fingerprint density at radius 2 is 2.21 bits per heavy atom. The van der Waals surface area contributed by atoms with Crippen molar-refractivity contribution < 1.29 is 13.9 Å². The van der Waals surface area contributed by atoms with Gasteiger partial charge in [0.2, 0.25) is 0 Å². The zero-order valence-electron chi connectivity index (χ0n) is 7.92. The van der Waals surface area contributed by atoms with E-state index in [1.807, 2.05) is 0 Å². The van der Waals surface area contributed by atoms with Crippen LogP contribution in [0, 0.1) is 0 Å². The number of hydrogen-bond donors (Lipinski definition) is 1. The highest BCUT2D eigenvalue weighted by molar-refractivity contribution is 5.48. The lowest BCUT2D eigenvalue weighted by molar-refractivity contribution is -0.191. The monoisotopic (exact) mass is 197 g/mol. The van der Waals surface area contributed by atoms with Crippen LogP contribution in [0.5, 0.6) is 11.5 Å². The van der Waals surface area contributed by atoms with Crippen molar-refractivity contribution in [2.45, 2.75) is 25.9 Å². The molecule has 0 amide bonds. The van der Waals surface area contributed by atoms with Crippen molar-refractivity contribution in [2.24, 2.45) is 5.73 Å². The molecule has 4 heteroatoms. The summed E-state index contributed by atoms with van der Waals surface area (Å²) in [4.78, 5) is 0. The summed E-state index contributed by atoms with van der Waals surface area (Å²) in [5.74, 6) is 0.858. The van der Waals surface area contributed by atoms with Crippen LogP contribution in [-0.2, 0) is 6.54 Å². The zero-order valence-corrected chi connectivity index (χ0v) is 7.92. The summed E-state index contributed by atoms with van der Waals surface area (Å²) >= 11 is 0. The van der Waals surface area contributed by atoms with E-state index in [0.29, 0.717) is 18.0 Å². The summed E-state index contributed by atoms with van der Waals surface area (Å²) in [7, 11) is 0. The van der Waals surface area contributed by atoms with E-state index in [1.54, 1.807) is 25.1 Å². The number of benzene rings is 1. The molecule has 1 heterocycles. The molecule has 1 aromatic carbocycles. The van der Waals surface area contributed by atoms with Crippen LogP contribution in [0.25, 0.3) is 0 Å². The van der Waals surface area contributed by atoms with Crippen molar-refractivity contribution in [1.29, 1.82) is 0 Å². The van der Waals surface area contributed by atoms with Gasteiger partial charge in [-0.25, -0.2) is 0 Å². The fourth-order valence-corrected chi connectivity index (χ4v) is 1.40. The van der Waals surface area contributed by atoms with E-state index in [0.717, 1.165) is 5.56 Å². The van der Waals surface area contributed by atoms with E-state index in [1.165, 1.54) is 0 Å². The molecule has 0 aliphatic carbocycles. The molecule has 2 rings (SSSR count). The molecule has 1 atom stereocenters. The van der Waals surface area contributed by atoms with Gasteiger partial charge in [-0.15, -0.1) is 0 Å². The largest absolute Gasteiger partial charge is 0.423 e. The summed E-state index contributed by atoms with van der Waals surface area (Å²) in [5, 5.41) is 0. The minimum Gasteiger partial charge on any atom is -0.423 e. The average Bonchev–Trinajstić information content (AvgIpc) is 2.54. The standard InChI is InChI=1S/C10H12FNO2/c1-2-10(11)13-8-5-3-4-7(6-12)9(8)14-10/h3-5H,2,6,12H2,1H3. The van der Waals surface area contributed by atoms with Crippen molar-refractivity contribution in [2.75, 3.05) is 0 Å². The van der Waals surface area contributed by atoms with Crippen LogP contribution in [0.4, 0.5) is 4.39 Å². The number of rotatable bonds is 2. The number of para-hydroxylation sites is 1. The maximum absolute atomic E-state index is 13.7. The molecule has 76 valence electrons. The van der Waals surface area contributed by atoms with Crippen molar-refractivity contribution in [3.8, 4) is 11.5 Å². The Hall–Kier alpha value is -1.29. The van der Waals surface area contributed by atoms with Crippen LogP contribution < -0.4 is 15.2 Å². The summed E-state index contributed by atoms with van der Waals surface area (Å²) in [6.07, 6.45) is 0.145. The molecule has 0 bridgehead atoms. The Labute approximate surface area is 81.6 Å². The first-order chi connectivity index (χ1) is 6.68. The first kappa shape index (κ1) is 9.27. The number of hydrogen-bond acceptors (Lipinski definition) is 3. The van der Waals surface area contributed by atoms with E-state index < -0.39 is 6.04 Å². The highest BCUT2D eigenvalue weighted by atomic mass is 19.2. The maximum atomic E-state index is 13.7. The van der Waals surface area contributed by atoms with Gasteiger partial charge in [0.25, 0.3) is 0 Å². The van der Waals surface area contributed by atoms with Gasteiger partial charge in [-0.1, -0.05) is 19.1 Å². The summed E-state index contributed by atoms with van der Waals surface area (Å²) < 4.78 is 23.8. The number of nitrogens with two attached hydrogens (primary N) is 1. The van der Waals surface area contributed by atoms with Gasteiger partial charge in [0.15, 0.2) is 11.5 Å². The maximum Gasteiger partial charge on any atom is 0.407 e. The molecular weight excluding hydrogens is 185 g/mol. The van der Waals surface area contributed by atoms with Gasteiger partial charge < -0.3 is 15.2 Å². The number of ether oxygens (including phenoxy) is 2. The molecule has 0 radical (unpaired) electrons. The van der Waals surface area contributed by atoms with Gasteiger partial charge in [-0.05, 0) is 6.07 Å². The fourth-order valence-electron chi connectivity index (χ4n) is 1.40. The normalized spacial score (nSPS) is 23.9. The second-order valence-electron chi connectivity index (χ2n) is 3.17. The first-order valence-corrected chi connectivity index (χ1v) is 4.57. The molecule has 0 aromatic heterocycles. The molecule has 1 aliphatic rings. The Morgan fingerprint density at radius 1 is 1.43 bits per heavy atom. The van der Waals surface area contributed by atoms with Crippen LogP contribution in [0.3, 0.4) is 0 Å². The summed E-state index contributed by atoms with van der Waals surface area (Å²) in [6, 6.07) is 3.22. The van der Waals surface area contributed by atoms with Crippen LogP contribution >= 0.6 is 0 Å². The third-order valence-electron chi connectivity index (χ3n) is 2.22. The van der Waals surface area contributed by atoms with Crippen molar-refractivity contribution in [3.63, 3.8) is 0 Å². The molecule has 1 unspecified atom stereocenters. The third kappa shape index (κ3) is 1.32. The van der Waals surface area contributed by atoms with Crippen LogP contribution in [0.1, 0.15) is 18.9 Å². The van der Waals surface area contributed by atoms with Crippen molar-refractivity contribution >= 4 is 0 Å². The molecule has 3 nitrogen and oxygen atoms in total. The Kier molecular flexibility index (Phi) is 2.07. The van der Waals surface area contributed by atoms with Crippen LogP contribution in [0.2, 0.25) is 0 Å². The molecule has 2 N–H and O–H groups in total. The second-order valence-corrected chi connectivity index (χ2v) is 3.17. The van der Waals surface area contributed by atoms with Gasteiger partial charge in [0.05, 0.1) is 6.42 Å². The minimum atomic E-state index is -2.02. The Balaban J connectivity index is 2.39. The summed E-state index contributed by atoms with van der Waals surface area (Å²) in [6.45, 7) is 1.97. The lowest BCUT2D eigenvalue weighted by atomic mass is 10.2. The summed E-state index contributed by atoms with van der Waals surface area (Å²) in [5.41, 5.74) is 6.25. The SMILES string of the molecule is CCC1(F)Oc2cccc(CN)c2O1. The highest BCUT2D eigenvalue weighted by Gasteiger charge is 2.41. The highest BCUT2D eigenvalue weighted by Crippen LogP contribution is 2.43. The average molecular weight is 197 g/mol. The minimum absolute atomic E-state index is 0.145. The fraction of sp³-hybridized carbons (Fsp3) is 0.400. The molecular formula is C10H12FNO2. The van der Waals surface area contributed by atoms with E-state index in [4.69, 9.17) is 15.2 Å². The van der Waals surface area contributed by atoms with Gasteiger partial charge in [0, 0.05) is 12.1 Å². The molecule has 0 saturated carbocycles. The topological polar surface area (TPSA) is 44.5 Å². The smallest absolute Gasteiger partial charge is 0.407 e. The quantitative estimate of drug-likeness (QED) is 0.788. The third-order valence-corrected chi connectivity index (χ3v) is 2.22. The van der Waals surface area contributed by atoms with E-state index in [2.05, 4.69) is 0 Å². The first-order valence-electron chi connectivity index (χ1n) is 4.57. The van der Waals surface area contributed by atoms with E-state index in [-0.39, 0.29) is 6.42 Å². The predicted octanol–water partition coefficient (Wildman–Crippen LogP) is 1.95. The lowest BCUT2D eigenvalue weighted by Crippen LogP contribution is -2.31. The lowest BCUT2D eigenvalue weighted by Gasteiger charge is -2.15. The predicted molar refractivity (Wildman–Crippen MR) is 49.7 cm³/mol. The van der Waals surface area contributed by atoms with E-state index >= 15 is 0 Å². The number of fused-ring (bicyclic) bond motifs is 1. The molecule has 0 saturated heterocycles. The molecule has 1 aromatic rings. The Bertz CT molecular complexity index is 356. The second kappa shape index (κ2) is 3.13. The number of alkyl halides is 1. The van der Waals surface area contributed by atoms with Crippen LogP contribution in [0.15, 0.2) is 18.2 Å². The number of halogens is 1. The zero-order chi connectivity index (χ0) is 10.2. The molecule has 14 heavy (non-hydrogen) atoms. The Morgan fingerprint density at radius 3 is 2.86 bits per heavy atom. The van der Waals surface area contributed by atoms with Crippen molar-refractivity contribution in [1.82, 2.24) is 0 Å². The van der Waals surface area contributed by atoms with Gasteiger partial charge >= 0.3 is 6.04 Å². The molecule has 1 aliphatic heterocycles. The molecule has 0 spiro atoms.